The van der Waals surface area contributed by atoms with Gasteiger partial charge < -0.3 is 0 Å². The fourth-order valence-corrected chi connectivity index (χ4v) is 1.58. The first-order chi connectivity index (χ1) is 4.41. The maximum absolute atomic E-state index is 5.46. The Bertz CT molecular complexity index is 73.5. The number of hydrogen-bond acceptors (Lipinski definition) is 1. The second kappa shape index (κ2) is 8.67. The van der Waals surface area contributed by atoms with Crippen LogP contribution in [0.2, 0.25) is 0 Å². The molecule has 0 aromatic rings. The smallest absolute Gasteiger partial charge is 0.0231 e. The lowest BCUT2D eigenvalue weighted by Crippen LogP contribution is -1.80. The van der Waals surface area contributed by atoms with Gasteiger partial charge in [-0.25, -0.2) is 0 Å². The quantitative estimate of drug-likeness (QED) is 0.468. The topological polar surface area (TPSA) is 0 Å². The average Bonchev–Trinajstić information content (AvgIpc) is 1.89. The molecule has 0 spiro atoms. The van der Waals surface area contributed by atoms with E-state index >= 15 is 0 Å². The van der Waals surface area contributed by atoms with Gasteiger partial charge in [0.25, 0.3) is 0 Å². The number of thioether (sulfide) groups is 1. The van der Waals surface area contributed by atoms with Crippen LogP contribution in [0.15, 0.2) is 11.6 Å². The largest absolute Gasteiger partial charge is 0.158 e. The van der Waals surface area contributed by atoms with Crippen LogP contribution in [-0.4, -0.2) is 17.4 Å². The summed E-state index contributed by atoms with van der Waals surface area (Å²) in [7, 11) is 0. The van der Waals surface area contributed by atoms with E-state index in [4.69, 9.17) is 23.2 Å². The van der Waals surface area contributed by atoms with E-state index in [1.165, 1.54) is 0 Å². The predicted octanol–water partition coefficient (Wildman–Crippen LogP) is 3.10. The first-order valence-electron chi connectivity index (χ1n) is 2.80. The van der Waals surface area contributed by atoms with Crippen LogP contribution in [-0.2, 0) is 0 Å². The fourth-order valence-electron chi connectivity index (χ4n) is 0.344. The lowest BCUT2D eigenvalue weighted by Gasteiger charge is -1.91. The number of hydrogen-bond donors (Lipinski definition) is 0. The van der Waals surface area contributed by atoms with Crippen LogP contribution in [0.5, 0.6) is 0 Å². The molecule has 0 fully saturated rings. The van der Waals surface area contributed by atoms with Gasteiger partial charge in [-0.1, -0.05) is 17.7 Å². The SMILES string of the molecule is Cl/C=C/CSCCCCl. The van der Waals surface area contributed by atoms with Crippen molar-refractivity contribution < 1.29 is 0 Å². The van der Waals surface area contributed by atoms with E-state index in [0.29, 0.717) is 0 Å². The highest BCUT2D eigenvalue weighted by molar-refractivity contribution is 7.99. The summed E-state index contributed by atoms with van der Waals surface area (Å²) < 4.78 is 0. The number of rotatable bonds is 5. The van der Waals surface area contributed by atoms with Gasteiger partial charge in [0.1, 0.15) is 0 Å². The van der Waals surface area contributed by atoms with E-state index in [1.807, 2.05) is 17.8 Å². The maximum atomic E-state index is 5.46. The third-order valence-electron chi connectivity index (χ3n) is 0.725. The second-order valence-electron chi connectivity index (χ2n) is 1.48. The van der Waals surface area contributed by atoms with Crippen molar-refractivity contribution in [3.63, 3.8) is 0 Å². The number of halogens is 2. The first kappa shape index (κ1) is 9.67. The van der Waals surface area contributed by atoms with Gasteiger partial charge in [-0.05, 0) is 12.2 Å². The zero-order valence-corrected chi connectivity index (χ0v) is 7.48. The van der Waals surface area contributed by atoms with E-state index in [9.17, 15) is 0 Å². The van der Waals surface area contributed by atoms with Gasteiger partial charge in [0, 0.05) is 17.2 Å². The summed E-state index contributed by atoms with van der Waals surface area (Å²) >= 11 is 12.6. The second-order valence-corrected chi connectivity index (χ2v) is 3.26. The normalized spacial score (nSPS) is 10.9. The van der Waals surface area contributed by atoms with Crippen LogP contribution >= 0.6 is 35.0 Å². The Morgan fingerprint density at radius 1 is 1.44 bits per heavy atom. The van der Waals surface area contributed by atoms with Crippen LogP contribution in [0, 0.1) is 0 Å². The molecule has 0 amide bonds. The maximum Gasteiger partial charge on any atom is 0.0231 e. The molecule has 0 aliphatic heterocycles. The van der Waals surface area contributed by atoms with E-state index in [-0.39, 0.29) is 0 Å². The molecule has 3 heteroatoms. The Morgan fingerprint density at radius 3 is 2.78 bits per heavy atom. The Kier molecular flexibility index (Phi) is 9.32. The molecule has 0 bridgehead atoms. The molecule has 0 nitrogen and oxygen atoms in total. The summed E-state index contributed by atoms with van der Waals surface area (Å²) in [6.07, 6.45) is 3.02. The molecule has 54 valence electrons. The van der Waals surface area contributed by atoms with E-state index in [2.05, 4.69) is 0 Å². The molecule has 0 aliphatic carbocycles. The van der Waals surface area contributed by atoms with E-state index in [0.717, 1.165) is 23.8 Å². The molecule has 0 radical (unpaired) electrons. The van der Waals surface area contributed by atoms with Crippen LogP contribution < -0.4 is 0 Å². The number of alkyl halides is 1. The summed E-state index contributed by atoms with van der Waals surface area (Å²) in [4.78, 5) is 0. The van der Waals surface area contributed by atoms with Gasteiger partial charge >= 0.3 is 0 Å². The van der Waals surface area contributed by atoms with Crippen molar-refractivity contribution in [1.82, 2.24) is 0 Å². The van der Waals surface area contributed by atoms with Crippen LogP contribution in [0.1, 0.15) is 6.42 Å². The summed E-state index contributed by atoms with van der Waals surface area (Å²) in [5.41, 5.74) is 1.55. The third-order valence-corrected chi connectivity index (χ3v) is 2.18. The van der Waals surface area contributed by atoms with Crippen molar-refractivity contribution in [2.75, 3.05) is 17.4 Å². The molecule has 0 aromatic heterocycles. The van der Waals surface area contributed by atoms with Crippen molar-refractivity contribution in [3.05, 3.63) is 11.6 Å². The van der Waals surface area contributed by atoms with Crippen molar-refractivity contribution >= 4 is 35.0 Å². The molecule has 0 atom stereocenters. The highest BCUT2D eigenvalue weighted by Crippen LogP contribution is 2.03. The Morgan fingerprint density at radius 2 is 2.22 bits per heavy atom. The molecule has 0 heterocycles. The summed E-state index contributed by atoms with van der Waals surface area (Å²) in [6, 6.07) is 0. The van der Waals surface area contributed by atoms with Crippen molar-refractivity contribution in [2.45, 2.75) is 6.42 Å². The highest BCUT2D eigenvalue weighted by atomic mass is 35.5. The Balaban J connectivity index is 2.75. The highest BCUT2D eigenvalue weighted by Gasteiger charge is 1.83. The molecule has 9 heavy (non-hydrogen) atoms. The van der Waals surface area contributed by atoms with Gasteiger partial charge in [-0.15, -0.1) is 11.6 Å². The zero-order chi connectivity index (χ0) is 6.95. The molecule has 0 rings (SSSR count). The monoisotopic (exact) mass is 184 g/mol. The first-order valence-corrected chi connectivity index (χ1v) is 4.93. The van der Waals surface area contributed by atoms with Gasteiger partial charge in [-0.2, -0.15) is 11.8 Å². The minimum absolute atomic E-state index is 0.761. The third kappa shape index (κ3) is 8.67. The van der Waals surface area contributed by atoms with Gasteiger partial charge in [0.2, 0.25) is 0 Å². The van der Waals surface area contributed by atoms with E-state index < -0.39 is 0 Å². The Labute approximate surface area is 70.6 Å². The van der Waals surface area contributed by atoms with Crippen LogP contribution in [0.25, 0.3) is 0 Å². The fraction of sp³-hybridized carbons (Fsp3) is 0.667. The van der Waals surface area contributed by atoms with Crippen LogP contribution in [0.4, 0.5) is 0 Å². The van der Waals surface area contributed by atoms with Gasteiger partial charge in [0.05, 0.1) is 0 Å². The summed E-state index contributed by atoms with van der Waals surface area (Å²) in [6.45, 7) is 0. The molecule has 0 aliphatic rings. The minimum Gasteiger partial charge on any atom is -0.158 e. The lowest BCUT2D eigenvalue weighted by atomic mass is 10.6. The van der Waals surface area contributed by atoms with Crippen molar-refractivity contribution in [2.24, 2.45) is 0 Å². The zero-order valence-electron chi connectivity index (χ0n) is 5.15. The molecule has 0 saturated heterocycles. The van der Waals surface area contributed by atoms with Crippen molar-refractivity contribution in [1.29, 1.82) is 0 Å². The van der Waals surface area contributed by atoms with E-state index in [1.54, 1.807) is 5.54 Å². The molecular formula is C6H10Cl2S. The lowest BCUT2D eigenvalue weighted by molar-refractivity contribution is 1.12. The Hall–Kier alpha value is 0.670. The minimum atomic E-state index is 0.761. The average molecular weight is 185 g/mol. The summed E-state index contributed by atoms with van der Waals surface area (Å²) in [5.74, 6) is 2.89. The summed E-state index contributed by atoms with van der Waals surface area (Å²) in [5, 5.41) is 0. The van der Waals surface area contributed by atoms with Crippen LogP contribution in [0.3, 0.4) is 0 Å². The molecular weight excluding hydrogens is 175 g/mol. The molecule has 0 N–H and O–H groups in total. The van der Waals surface area contributed by atoms with Gasteiger partial charge in [-0.3, -0.25) is 0 Å². The standard InChI is InChI=1S/C6H10Cl2S/c7-3-1-5-9-6-2-4-8/h1,3H,2,4-6H2/b3-1+. The molecule has 0 unspecified atom stereocenters. The van der Waals surface area contributed by atoms with Crippen molar-refractivity contribution in [3.8, 4) is 0 Å². The molecule has 0 aromatic carbocycles. The molecule has 0 saturated carbocycles. The predicted molar refractivity (Wildman–Crippen MR) is 47.7 cm³/mol. The van der Waals surface area contributed by atoms with Gasteiger partial charge in [0.15, 0.2) is 0 Å².